The van der Waals surface area contributed by atoms with Gasteiger partial charge in [-0.25, -0.2) is 9.97 Å². The van der Waals surface area contributed by atoms with E-state index in [1.165, 1.54) is 6.33 Å². The van der Waals surface area contributed by atoms with Crippen molar-refractivity contribution in [1.29, 1.82) is 0 Å². The normalized spacial score (nSPS) is 10.3. The topological polar surface area (TPSA) is 60.7 Å². The van der Waals surface area contributed by atoms with Crippen LogP contribution in [0.25, 0.3) is 11.3 Å². The molecule has 0 aromatic carbocycles. The van der Waals surface area contributed by atoms with Crippen molar-refractivity contribution in [1.82, 2.24) is 19.7 Å². The fraction of sp³-hybridized carbons (Fsp3) is 0.111. The maximum absolute atomic E-state index is 10.8. The maximum Gasteiger partial charge on any atom is 0.155 e. The molecule has 0 radical (unpaired) electrons. The molecule has 0 spiro atoms. The first-order valence-corrected chi connectivity index (χ1v) is 4.55. The third-order valence-electron chi connectivity index (χ3n) is 1.93. The van der Waals surface area contributed by atoms with E-state index in [1.54, 1.807) is 24.1 Å². The van der Waals surface area contributed by atoms with Crippen LogP contribution >= 0.6 is 11.6 Å². The minimum Gasteiger partial charge on any atom is -0.298 e. The molecule has 2 aromatic rings. The van der Waals surface area contributed by atoms with Crippen LogP contribution in [0.3, 0.4) is 0 Å². The molecule has 5 nitrogen and oxygen atoms in total. The molecule has 0 amide bonds. The Hall–Kier alpha value is -1.75. The Morgan fingerprint density at radius 2 is 2.27 bits per heavy atom. The summed E-state index contributed by atoms with van der Waals surface area (Å²) in [7, 11) is 1.78. The highest BCUT2D eigenvalue weighted by Crippen LogP contribution is 2.23. The molecule has 0 atom stereocenters. The number of halogens is 1. The molecule has 0 saturated heterocycles. The third kappa shape index (κ3) is 1.73. The predicted octanol–water partition coefficient (Wildman–Crippen LogP) is 1.34. The van der Waals surface area contributed by atoms with E-state index in [4.69, 9.17) is 11.6 Å². The van der Waals surface area contributed by atoms with Gasteiger partial charge in [-0.3, -0.25) is 9.48 Å². The highest BCUT2D eigenvalue weighted by atomic mass is 35.5. The van der Waals surface area contributed by atoms with Crippen LogP contribution in [0, 0.1) is 0 Å². The van der Waals surface area contributed by atoms with E-state index in [0.717, 1.165) is 5.56 Å². The number of nitrogens with zero attached hydrogens (tertiary/aromatic N) is 4. The molecular formula is C9H7ClN4O. The molecule has 0 N–H and O–H groups in total. The van der Waals surface area contributed by atoms with Gasteiger partial charge in [0.05, 0.1) is 17.5 Å². The molecular weight excluding hydrogens is 216 g/mol. The van der Waals surface area contributed by atoms with Gasteiger partial charge in [-0.1, -0.05) is 11.6 Å². The van der Waals surface area contributed by atoms with E-state index in [0.29, 0.717) is 12.0 Å². The fourth-order valence-corrected chi connectivity index (χ4v) is 1.43. The lowest BCUT2D eigenvalue weighted by Crippen LogP contribution is -1.94. The number of carbonyl (C=O) groups excluding carboxylic acids is 1. The monoisotopic (exact) mass is 222 g/mol. The lowest BCUT2D eigenvalue weighted by atomic mass is 10.1. The Morgan fingerprint density at radius 3 is 2.87 bits per heavy atom. The zero-order chi connectivity index (χ0) is 10.8. The molecule has 0 aliphatic rings. The molecule has 2 aromatic heterocycles. The van der Waals surface area contributed by atoms with Crippen LogP contribution in [0.5, 0.6) is 0 Å². The number of carbonyl (C=O) groups is 1. The van der Waals surface area contributed by atoms with Crippen LogP contribution in [0.2, 0.25) is 5.15 Å². The zero-order valence-electron chi connectivity index (χ0n) is 7.88. The van der Waals surface area contributed by atoms with Crippen molar-refractivity contribution in [3.05, 3.63) is 29.4 Å². The summed E-state index contributed by atoms with van der Waals surface area (Å²) < 4.78 is 1.62. The van der Waals surface area contributed by atoms with Crippen molar-refractivity contribution in [2.45, 2.75) is 0 Å². The van der Waals surface area contributed by atoms with E-state index in [1.807, 2.05) is 0 Å². The SMILES string of the molecule is Cn1cc(-c2ncnc(Cl)c2C=O)cn1. The molecule has 0 aliphatic carbocycles. The predicted molar refractivity (Wildman–Crippen MR) is 54.6 cm³/mol. The molecule has 0 fully saturated rings. The largest absolute Gasteiger partial charge is 0.298 e. The van der Waals surface area contributed by atoms with E-state index in [9.17, 15) is 4.79 Å². The number of rotatable bonds is 2. The van der Waals surface area contributed by atoms with Crippen molar-refractivity contribution in [3.8, 4) is 11.3 Å². The first kappa shape index (κ1) is 9.79. The van der Waals surface area contributed by atoms with Gasteiger partial charge < -0.3 is 0 Å². The average molecular weight is 223 g/mol. The standard InChI is InChI=1S/C9H7ClN4O/c1-14-3-6(2-13-14)8-7(4-15)9(10)12-5-11-8/h2-5H,1H3. The average Bonchev–Trinajstić information content (AvgIpc) is 2.64. The lowest BCUT2D eigenvalue weighted by molar-refractivity contribution is 0.112. The van der Waals surface area contributed by atoms with Crippen molar-refractivity contribution in [2.75, 3.05) is 0 Å². The summed E-state index contributed by atoms with van der Waals surface area (Å²) in [5.41, 5.74) is 1.52. The molecule has 0 saturated carbocycles. The molecule has 15 heavy (non-hydrogen) atoms. The summed E-state index contributed by atoms with van der Waals surface area (Å²) in [5.74, 6) is 0. The zero-order valence-corrected chi connectivity index (χ0v) is 8.64. The number of aryl methyl sites for hydroxylation is 1. The Balaban J connectivity index is 2.62. The van der Waals surface area contributed by atoms with Crippen LogP contribution in [-0.4, -0.2) is 26.0 Å². The molecule has 2 heterocycles. The van der Waals surface area contributed by atoms with Gasteiger partial charge >= 0.3 is 0 Å². The molecule has 76 valence electrons. The Kier molecular flexibility index (Phi) is 2.47. The van der Waals surface area contributed by atoms with Crippen LogP contribution < -0.4 is 0 Å². The first-order chi connectivity index (χ1) is 7.22. The number of aromatic nitrogens is 4. The summed E-state index contributed by atoms with van der Waals surface area (Å²) in [5, 5.41) is 4.15. The summed E-state index contributed by atoms with van der Waals surface area (Å²) in [6.07, 6.45) is 5.33. The van der Waals surface area contributed by atoms with Crippen molar-refractivity contribution in [3.63, 3.8) is 0 Å². The fourth-order valence-electron chi connectivity index (χ4n) is 1.25. The minimum atomic E-state index is 0.152. The smallest absolute Gasteiger partial charge is 0.155 e. The van der Waals surface area contributed by atoms with Crippen LogP contribution in [-0.2, 0) is 7.05 Å². The van der Waals surface area contributed by atoms with Crippen molar-refractivity contribution >= 4 is 17.9 Å². The Morgan fingerprint density at radius 1 is 1.47 bits per heavy atom. The quantitative estimate of drug-likeness (QED) is 0.568. The number of hydrogen-bond acceptors (Lipinski definition) is 4. The van der Waals surface area contributed by atoms with Crippen LogP contribution in [0.4, 0.5) is 0 Å². The van der Waals surface area contributed by atoms with Gasteiger partial charge in [0.1, 0.15) is 11.5 Å². The van der Waals surface area contributed by atoms with Gasteiger partial charge in [0, 0.05) is 18.8 Å². The number of aldehydes is 1. The van der Waals surface area contributed by atoms with Crippen molar-refractivity contribution < 1.29 is 4.79 Å². The highest BCUT2D eigenvalue weighted by molar-refractivity contribution is 6.32. The van der Waals surface area contributed by atoms with E-state index in [2.05, 4.69) is 15.1 Å². The Labute approximate surface area is 90.7 Å². The summed E-state index contributed by atoms with van der Waals surface area (Å²) >= 11 is 5.78. The molecule has 0 unspecified atom stereocenters. The lowest BCUT2D eigenvalue weighted by Gasteiger charge is -2.00. The van der Waals surface area contributed by atoms with Gasteiger partial charge in [0.2, 0.25) is 0 Å². The maximum atomic E-state index is 10.8. The van der Waals surface area contributed by atoms with Crippen molar-refractivity contribution in [2.24, 2.45) is 7.05 Å². The van der Waals surface area contributed by atoms with E-state index >= 15 is 0 Å². The van der Waals surface area contributed by atoms with Crippen LogP contribution in [0.1, 0.15) is 10.4 Å². The van der Waals surface area contributed by atoms with Gasteiger partial charge in [-0.15, -0.1) is 0 Å². The summed E-state index contributed by atoms with van der Waals surface area (Å²) in [4.78, 5) is 18.6. The van der Waals surface area contributed by atoms with Crippen LogP contribution in [0.15, 0.2) is 18.7 Å². The second-order valence-corrected chi connectivity index (χ2v) is 3.31. The first-order valence-electron chi connectivity index (χ1n) is 4.17. The third-order valence-corrected chi connectivity index (χ3v) is 2.23. The highest BCUT2D eigenvalue weighted by Gasteiger charge is 2.11. The summed E-state index contributed by atoms with van der Waals surface area (Å²) in [6.45, 7) is 0. The van der Waals surface area contributed by atoms with Gasteiger partial charge in [-0.05, 0) is 0 Å². The van der Waals surface area contributed by atoms with Gasteiger partial charge in [-0.2, -0.15) is 5.10 Å². The second kappa shape index (κ2) is 3.78. The molecule has 0 bridgehead atoms. The van der Waals surface area contributed by atoms with E-state index < -0.39 is 0 Å². The number of hydrogen-bond donors (Lipinski definition) is 0. The van der Waals surface area contributed by atoms with Gasteiger partial charge in [0.25, 0.3) is 0 Å². The van der Waals surface area contributed by atoms with Gasteiger partial charge in [0.15, 0.2) is 6.29 Å². The Bertz CT molecular complexity index is 509. The summed E-state index contributed by atoms with van der Waals surface area (Å²) in [6, 6.07) is 0. The van der Waals surface area contributed by atoms with E-state index in [-0.39, 0.29) is 10.7 Å². The second-order valence-electron chi connectivity index (χ2n) is 2.95. The minimum absolute atomic E-state index is 0.152. The molecule has 6 heteroatoms. The molecule has 0 aliphatic heterocycles. The molecule has 2 rings (SSSR count).